The van der Waals surface area contributed by atoms with Gasteiger partial charge in [-0.1, -0.05) is 0 Å². The fourth-order valence-corrected chi connectivity index (χ4v) is 2.33. The molecule has 0 aromatic heterocycles. The lowest BCUT2D eigenvalue weighted by molar-refractivity contribution is -0.138. The summed E-state index contributed by atoms with van der Waals surface area (Å²) in [5.41, 5.74) is 5.62. The lowest BCUT2D eigenvalue weighted by atomic mass is 10.1. The van der Waals surface area contributed by atoms with E-state index in [1.165, 1.54) is 0 Å². The minimum Gasteiger partial charge on any atom is -0.481 e. The molecule has 0 aromatic rings. The van der Waals surface area contributed by atoms with Gasteiger partial charge in [0.25, 0.3) is 0 Å². The number of hydrogen-bond acceptors (Lipinski definition) is 3. The number of likely N-dealkylation sites (tertiary alicyclic amines) is 1. The molecular formula is C10H20N2O2. The number of aliphatic carboxylic acids is 1. The van der Waals surface area contributed by atoms with Gasteiger partial charge < -0.3 is 10.8 Å². The van der Waals surface area contributed by atoms with Gasteiger partial charge in [-0.05, 0) is 32.7 Å². The molecule has 0 amide bonds. The molecule has 4 heteroatoms. The predicted octanol–water partition coefficient (Wildman–Crippen LogP) is 0.519. The Morgan fingerprint density at radius 2 is 2.36 bits per heavy atom. The summed E-state index contributed by atoms with van der Waals surface area (Å²) >= 11 is 0. The summed E-state index contributed by atoms with van der Waals surface area (Å²) in [7, 11) is 0. The van der Waals surface area contributed by atoms with Crippen LogP contribution in [0.25, 0.3) is 0 Å². The lowest BCUT2D eigenvalue weighted by Crippen LogP contribution is -2.37. The van der Waals surface area contributed by atoms with Crippen molar-refractivity contribution in [1.29, 1.82) is 0 Å². The lowest BCUT2D eigenvalue weighted by Gasteiger charge is -2.27. The zero-order chi connectivity index (χ0) is 10.7. The van der Waals surface area contributed by atoms with E-state index in [9.17, 15) is 4.79 Å². The molecule has 1 fully saturated rings. The Labute approximate surface area is 85.1 Å². The van der Waals surface area contributed by atoms with Crippen LogP contribution in [0.15, 0.2) is 0 Å². The summed E-state index contributed by atoms with van der Waals surface area (Å²) in [5.74, 6) is -0.179. The molecule has 0 radical (unpaired) electrons. The smallest absolute Gasteiger partial charge is 0.304 e. The third kappa shape index (κ3) is 2.69. The highest BCUT2D eigenvalue weighted by Crippen LogP contribution is 2.25. The van der Waals surface area contributed by atoms with E-state index in [1.54, 1.807) is 0 Å². The molecule has 4 nitrogen and oxygen atoms in total. The molecule has 1 saturated heterocycles. The van der Waals surface area contributed by atoms with Crippen molar-refractivity contribution in [3.8, 4) is 0 Å². The maximum absolute atomic E-state index is 10.6. The maximum Gasteiger partial charge on any atom is 0.304 e. The first-order valence-corrected chi connectivity index (χ1v) is 5.22. The molecule has 1 aliphatic heterocycles. The Morgan fingerprint density at radius 1 is 1.71 bits per heavy atom. The Hall–Kier alpha value is -0.610. The first-order valence-electron chi connectivity index (χ1n) is 5.22. The molecule has 1 heterocycles. The largest absolute Gasteiger partial charge is 0.481 e. The van der Waals surface area contributed by atoms with Crippen molar-refractivity contribution in [3.05, 3.63) is 0 Å². The van der Waals surface area contributed by atoms with Crippen LogP contribution >= 0.6 is 0 Å². The van der Waals surface area contributed by atoms with Gasteiger partial charge in [0, 0.05) is 18.6 Å². The molecule has 3 atom stereocenters. The number of carboxylic acid groups (broad SMARTS) is 1. The van der Waals surface area contributed by atoms with E-state index in [2.05, 4.69) is 11.8 Å². The molecule has 1 rings (SSSR count). The van der Waals surface area contributed by atoms with Gasteiger partial charge in [0.1, 0.15) is 0 Å². The summed E-state index contributed by atoms with van der Waals surface area (Å²) in [6, 6.07) is 0.594. The van der Waals surface area contributed by atoms with Crippen LogP contribution in [0, 0.1) is 5.92 Å². The van der Waals surface area contributed by atoms with Crippen LogP contribution in [0.2, 0.25) is 0 Å². The first kappa shape index (κ1) is 11.5. The van der Waals surface area contributed by atoms with Crippen molar-refractivity contribution in [2.24, 2.45) is 11.7 Å². The van der Waals surface area contributed by atoms with Crippen molar-refractivity contribution in [3.63, 3.8) is 0 Å². The Kier molecular flexibility index (Phi) is 3.89. The number of hydrogen-bond donors (Lipinski definition) is 2. The summed E-state index contributed by atoms with van der Waals surface area (Å²) in [6.07, 6.45) is 1.32. The van der Waals surface area contributed by atoms with E-state index < -0.39 is 5.97 Å². The molecule has 0 aliphatic carbocycles. The molecule has 0 aromatic carbocycles. The molecule has 3 unspecified atom stereocenters. The summed E-state index contributed by atoms with van der Waals surface area (Å²) in [4.78, 5) is 12.8. The van der Waals surface area contributed by atoms with E-state index >= 15 is 0 Å². The third-order valence-corrected chi connectivity index (χ3v) is 3.08. The highest BCUT2D eigenvalue weighted by atomic mass is 16.4. The maximum atomic E-state index is 10.6. The minimum atomic E-state index is -0.721. The number of nitrogens with two attached hydrogens (primary N) is 1. The van der Waals surface area contributed by atoms with Crippen LogP contribution in [0.5, 0.6) is 0 Å². The molecule has 0 bridgehead atoms. The summed E-state index contributed by atoms with van der Waals surface area (Å²) in [5, 5.41) is 8.70. The van der Waals surface area contributed by atoms with E-state index in [0.717, 1.165) is 13.0 Å². The highest BCUT2D eigenvalue weighted by Gasteiger charge is 2.31. The second kappa shape index (κ2) is 4.75. The van der Waals surface area contributed by atoms with Gasteiger partial charge in [-0.2, -0.15) is 0 Å². The van der Waals surface area contributed by atoms with Crippen LogP contribution in [0.3, 0.4) is 0 Å². The molecule has 3 N–H and O–H groups in total. The van der Waals surface area contributed by atoms with Crippen molar-refractivity contribution < 1.29 is 9.90 Å². The second-order valence-electron chi connectivity index (χ2n) is 4.33. The van der Waals surface area contributed by atoms with E-state index in [4.69, 9.17) is 10.8 Å². The zero-order valence-electron chi connectivity index (χ0n) is 8.94. The molecule has 14 heavy (non-hydrogen) atoms. The van der Waals surface area contributed by atoms with Gasteiger partial charge in [0.15, 0.2) is 0 Å². The van der Waals surface area contributed by atoms with Gasteiger partial charge in [-0.3, -0.25) is 9.69 Å². The third-order valence-electron chi connectivity index (χ3n) is 3.08. The SMILES string of the molecule is CC(CC(=O)O)N1CC(CN)CC1C. The molecule has 1 aliphatic rings. The quantitative estimate of drug-likeness (QED) is 0.694. The first-order chi connectivity index (χ1) is 6.54. The number of rotatable bonds is 4. The predicted molar refractivity (Wildman–Crippen MR) is 55.0 cm³/mol. The molecule has 82 valence electrons. The van der Waals surface area contributed by atoms with Crippen LogP contribution in [0.4, 0.5) is 0 Å². The molecular weight excluding hydrogens is 180 g/mol. The van der Waals surface area contributed by atoms with Gasteiger partial charge in [0.05, 0.1) is 6.42 Å². The van der Waals surface area contributed by atoms with Crippen LogP contribution in [0.1, 0.15) is 26.7 Å². The summed E-state index contributed by atoms with van der Waals surface area (Å²) in [6.45, 7) is 5.78. The molecule has 0 spiro atoms. The number of nitrogens with zero attached hydrogens (tertiary/aromatic N) is 1. The minimum absolute atomic E-state index is 0.124. The fourth-order valence-electron chi connectivity index (χ4n) is 2.33. The summed E-state index contributed by atoms with van der Waals surface area (Å²) < 4.78 is 0. The average Bonchev–Trinajstić information content (AvgIpc) is 2.45. The van der Waals surface area contributed by atoms with Gasteiger partial charge in [-0.25, -0.2) is 0 Å². The normalized spacial score (nSPS) is 30.5. The monoisotopic (exact) mass is 200 g/mol. The number of carbonyl (C=O) groups is 1. The van der Waals surface area contributed by atoms with Gasteiger partial charge >= 0.3 is 5.97 Å². The number of carboxylic acids is 1. The van der Waals surface area contributed by atoms with Crippen molar-refractivity contribution in [2.75, 3.05) is 13.1 Å². The average molecular weight is 200 g/mol. The second-order valence-corrected chi connectivity index (χ2v) is 4.33. The van der Waals surface area contributed by atoms with Crippen LogP contribution in [-0.4, -0.2) is 41.1 Å². The van der Waals surface area contributed by atoms with Crippen molar-refractivity contribution in [1.82, 2.24) is 4.90 Å². The molecule has 0 saturated carbocycles. The Bertz CT molecular complexity index is 208. The van der Waals surface area contributed by atoms with Gasteiger partial charge in [-0.15, -0.1) is 0 Å². The van der Waals surface area contributed by atoms with Crippen molar-refractivity contribution in [2.45, 2.75) is 38.8 Å². The van der Waals surface area contributed by atoms with E-state index in [1.807, 2.05) is 6.92 Å². The van der Waals surface area contributed by atoms with Gasteiger partial charge in [0.2, 0.25) is 0 Å². The highest BCUT2D eigenvalue weighted by molar-refractivity contribution is 5.67. The van der Waals surface area contributed by atoms with Crippen LogP contribution in [-0.2, 0) is 4.79 Å². The van der Waals surface area contributed by atoms with E-state index in [-0.39, 0.29) is 12.5 Å². The van der Waals surface area contributed by atoms with Crippen molar-refractivity contribution >= 4 is 5.97 Å². The van der Waals surface area contributed by atoms with E-state index in [0.29, 0.717) is 18.5 Å². The Balaban J connectivity index is 2.47. The Morgan fingerprint density at radius 3 is 2.79 bits per heavy atom. The zero-order valence-corrected chi connectivity index (χ0v) is 8.94. The van der Waals surface area contributed by atoms with Crippen LogP contribution < -0.4 is 5.73 Å². The standard InChI is InChI=1S/C10H20N2O2/c1-7-3-9(5-11)6-12(7)8(2)4-10(13)14/h7-9H,3-6,11H2,1-2H3,(H,13,14). The topological polar surface area (TPSA) is 66.6 Å². The fraction of sp³-hybridized carbons (Fsp3) is 0.900.